The van der Waals surface area contributed by atoms with Gasteiger partial charge in [0.1, 0.15) is 0 Å². The van der Waals surface area contributed by atoms with Crippen molar-refractivity contribution in [3.8, 4) is 11.3 Å². The lowest BCUT2D eigenvalue weighted by Crippen LogP contribution is -2.04. The summed E-state index contributed by atoms with van der Waals surface area (Å²) < 4.78 is 7.88. The zero-order chi connectivity index (χ0) is 14.5. The summed E-state index contributed by atoms with van der Waals surface area (Å²) in [7, 11) is 0. The van der Waals surface area contributed by atoms with Crippen molar-refractivity contribution in [3.05, 3.63) is 60.7 Å². The molecule has 0 amide bonds. The Labute approximate surface area is 126 Å². The molecule has 108 valence electrons. The number of fused-ring (bicyclic) bond motifs is 1. The maximum Gasteiger partial charge on any atom is 0.0491 e. The van der Waals surface area contributed by atoms with Gasteiger partial charge >= 0.3 is 0 Å². The Morgan fingerprint density at radius 1 is 0.952 bits per heavy atom. The molecule has 0 aliphatic rings. The van der Waals surface area contributed by atoms with Gasteiger partial charge in [0.15, 0.2) is 0 Å². The van der Waals surface area contributed by atoms with E-state index in [-0.39, 0.29) is 0 Å². The van der Waals surface area contributed by atoms with Gasteiger partial charge in [-0.05, 0) is 31.0 Å². The molecule has 2 heteroatoms. The van der Waals surface area contributed by atoms with Crippen LogP contribution in [0.4, 0.5) is 0 Å². The van der Waals surface area contributed by atoms with E-state index < -0.39 is 0 Å². The Morgan fingerprint density at radius 2 is 1.71 bits per heavy atom. The van der Waals surface area contributed by atoms with Crippen LogP contribution in [0.5, 0.6) is 0 Å². The predicted octanol–water partition coefficient (Wildman–Crippen LogP) is 4.73. The molecule has 0 aliphatic heterocycles. The SMILES string of the molecule is CCOCCCn1c(-c2ccccc2)cc2ccccc21. The van der Waals surface area contributed by atoms with Crippen LogP contribution in [0.25, 0.3) is 22.2 Å². The summed E-state index contributed by atoms with van der Waals surface area (Å²) >= 11 is 0. The standard InChI is InChI=1S/C19H21NO/c1-2-21-14-8-13-20-18-12-7-6-11-17(18)15-19(20)16-9-4-3-5-10-16/h3-7,9-12,15H,2,8,13-14H2,1H3. The Kier molecular flexibility index (Phi) is 4.37. The molecule has 0 radical (unpaired) electrons. The average Bonchev–Trinajstić information content (AvgIpc) is 2.91. The number of aryl methyl sites for hydroxylation is 1. The van der Waals surface area contributed by atoms with E-state index in [1.54, 1.807) is 0 Å². The molecule has 1 heterocycles. The van der Waals surface area contributed by atoms with Crippen molar-refractivity contribution in [2.75, 3.05) is 13.2 Å². The zero-order valence-electron chi connectivity index (χ0n) is 12.5. The first-order chi connectivity index (χ1) is 10.4. The molecular formula is C19H21NO. The summed E-state index contributed by atoms with van der Waals surface area (Å²) in [6, 6.07) is 21.5. The molecule has 1 aromatic heterocycles. The van der Waals surface area contributed by atoms with E-state index in [1.807, 2.05) is 6.92 Å². The zero-order valence-corrected chi connectivity index (χ0v) is 12.5. The van der Waals surface area contributed by atoms with Crippen LogP contribution in [0.1, 0.15) is 13.3 Å². The van der Waals surface area contributed by atoms with Gasteiger partial charge in [-0.1, -0.05) is 48.5 Å². The third-order valence-corrected chi connectivity index (χ3v) is 3.75. The van der Waals surface area contributed by atoms with Crippen molar-refractivity contribution in [1.29, 1.82) is 0 Å². The van der Waals surface area contributed by atoms with Gasteiger partial charge in [0, 0.05) is 36.4 Å². The topological polar surface area (TPSA) is 14.2 Å². The Balaban J connectivity index is 1.98. The molecule has 2 aromatic carbocycles. The number of nitrogens with zero attached hydrogens (tertiary/aromatic N) is 1. The second-order valence-electron chi connectivity index (χ2n) is 5.16. The van der Waals surface area contributed by atoms with Crippen LogP contribution < -0.4 is 0 Å². The minimum Gasteiger partial charge on any atom is -0.382 e. The van der Waals surface area contributed by atoms with Gasteiger partial charge in [0.25, 0.3) is 0 Å². The lowest BCUT2D eigenvalue weighted by molar-refractivity contribution is 0.142. The molecule has 0 bridgehead atoms. The summed E-state index contributed by atoms with van der Waals surface area (Å²) in [5, 5.41) is 1.30. The first-order valence-electron chi connectivity index (χ1n) is 7.61. The van der Waals surface area contributed by atoms with Crippen molar-refractivity contribution in [2.24, 2.45) is 0 Å². The van der Waals surface area contributed by atoms with Crippen molar-refractivity contribution in [3.63, 3.8) is 0 Å². The fourth-order valence-corrected chi connectivity index (χ4v) is 2.77. The molecule has 0 saturated heterocycles. The van der Waals surface area contributed by atoms with Gasteiger partial charge in [0.2, 0.25) is 0 Å². The molecule has 0 spiro atoms. The first-order valence-corrected chi connectivity index (χ1v) is 7.61. The van der Waals surface area contributed by atoms with Crippen LogP contribution in [0.15, 0.2) is 60.7 Å². The van der Waals surface area contributed by atoms with E-state index in [0.29, 0.717) is 0 Å². The number of para-hydroxylation sites is 1. The number of aromatic nitrogens is 1. The summed E-state index contributed by atoms with van der Waals surface area (Å²) in [6.07, 6.45) is 1.03. The fourth-order valence-electron chi connectivity index (χ4n) is 2.77. The maximum absolute atomic E-state index is 5.48. The molecule has 0 fully saturated rings. The highest BCUT2D eigenvalue weighted by molar-refractivity contribution is 5.87. The Hall–Kier alpha value is -2.06. The number of hydrogen-bond acceptors (Lipinski definition) is 1. The van der Waals surface area contributed by atoms with E-state index >= 15 is 0 Å². The third kappa shape index (κ3) is 3.01. The summed E-state index contributed by atoms with van der Waals surface area (Å²) in [5.74, 6) is 0. The number of ether oxygens (including phenoxy) is 1. The molecule has 3 rings (SSSR count). The molecule has 3 aromatic rings. The van der Waals surface area contributed by atoms with Crippen LogP contribution >= 0.6 is 0 Å². The monoisotopic (exact) mass is 279 g/mol. The molecular weight excluding hydrogens is 258 g/mol. The molecule has 0 atom stereocenters. The van der Waals surface area contributed by atoms with E-state index in [0.717, 1.165) is 26.2 Å². The van der Waals surface area contributed by atoms with Crippen LogP contribution in [0, 0.1) is 0 Å². The lowest BCUT2D eigenvalue weighted by Gasteiger charge is -2.11. The minimum absolute atomic E-state index is 0.790. The van der Waals surface area contributed by atoms with Gasteiger partial charge in [-0.25, -0.2) is 0 Å². The fraction of sp³-hybridized carbons (Fsp3) is 0.263. The number of hydrogen-bond donors (Lipinski definition) is 0. The van der Waals surface area contributed by atoms with Crippen molar-refractivity contribution >= 4 is 10.9 Å². The quantitative estimate of drug-likeness (QED) is 0.595. The summed E-state index contributed by atoms with van der Waals surface area (Å²) in [6.45, 7) is 4.63. The Bertz CT molecular complexity index is 700. The van der Waals surface area contributed by atoms with E-state index in [9.17, 15) is 0 Å². The predicted molar refractivity (Wildman–Crippen MR) is 88.5 cm³/mol. The molecule has 0 saturated carbocycles. The van der Waals surface area contributed by atoms with Gasteiger partial charge in [0.05, 0.1) is 0 Å². The van der Waals surface area contributed by atoms with E-state index in [1.165, 1.54) is 22.2 Å². The second-order valence-corrected chi connectivity index (χ2v) is 5.16. The highest BCUT2D eigenvalue weighted by atomic mass is 16.5. The van der Waals surface area contributed by atoms with Crippen molar-refractivity contribution in [1.82, 2.24) is 4.57 Å². The molecule has 0 N–H and O–H groups in total. The largest absolute Gasteiger partial charge is 0.382 e. The van der Waals surface area contributed by atoms with E-state index in [2.05, 4.69) is 65.2 Å². The lowest BCUT2D eigenvalue weighted by atomic mass is 10.1. The molecule has 0 unspecified atom stereocenters. The highest BCUT2D eigenvalue weighted by Gasteiger charge is 2.09. The van der Waals surface area contributed by atoms with Gasteiger partial charge in [-0.2, -0.15) is 0 Å². The summed E-state index contributed by atoms with van der Waals surface area (Å²) in [5.41, 5.74) is 3.85. The molecule has 0 aliphatic carbocycles. The van der Waals surface area contributed by atoms with E-state index in [4.69, 9.17) is 4.74 Å². The smallest absolute Gasteiger partial charge is 0.0491 e. The highest BCUT2D eigenvalue weighted by Crippen LogP contribution is 2.28. The second kappa shape index (κ2) is 6.59. The minimum atomic E-state index is 0.790. The van der Waals surface area contributed by atoms with Crippen LogP contribution in [-0.2, 0) is 11.3 Å². The van der Waals surface area contributed by atoms with Gasteiger partial charge < -0.3 is 9.30 Å². The number of rotatable bonds is 6. The van der Waals surface area contributed by atoms with Crippen LogP contribution in [0.2, 0.25) is 0 Å². The van der Waals surface area contributed by atoms with Crippen molar-refractivity contribution in [2.45, 2.75) is 19.9 Å². The average molecular weight is 279 g/mol. The molecule has 2 nitrogen and oxygen atoms in total. The van der Waals surface area contributed by atoms with Gasteiger partial charge in [-0.3, -0.25) is 0 Å². The molecule has 21 heavy (non-hydrogen) atoms. The van der Waals surface area contributed by atoms with Crippen LogP contribution in [-0.4, -0.2) is 17.8 Å². The number of benzene rings is 2. The normalized spacial score (nSPS) is 11.1. The summed E-state index contributed by atoms with van der Waals surface area (Å²) in [4.78, 5) is 0. The Morgan fingerprint density at radius 3 is 2.52 bits per heavy atom. The van der Waals surface area contributed by atoms with Crippen LogP contribution in [0.3, 0.4) is 0 Å². The van der Waals surface area contributed by atoms with Gasteiger partial charge in [-0.15, -0.1) is 0 Å². The first kappa shape index (κ1) is 13.9. The third-order valence-electron chi connectivity index (χ3n) is 3.75. The van der Waals surface area contributed by atoms with Crippen molar-refractivity contribution < 1.29 is 4.74 Å². The maximum atomic E-state index is 5.48.